The Morgan fingerprint density at radius 3 is 2.62 bits per heavy atom. The highest BCUT2D eigenvalue weighted by atomic mass is 19.1. The van der Waals surface area contributed by atoms with Crippen molar-refractivity contribution in [3.8, 4) is 11.5 Å². The smallest absolute Gasteiger partial charge is 0.244 e. The Hall–Kier alpha value is -2.89. The molecule has 0 radical (unpaired) electrons. The van der Waals surface area contributed by atoms with E-state index in [1.54, 1.807) is 31.4 Å². The summed E-state index contributed by atoms with van der Waals surface area (Å²) in [7, 11) is 3.06. The van der Waals surface area contributed by atoms with E-state index in [0.717, 1.165) is 18.2 Å². The first-order chi connectivity index (χ1) is 11.5. The van der Waals surface area contributed by atoms with Crippen LogP contribution in [0.25, 0.3) is 6.08 Å². The number of methoxy groups -OCH3 is 2. The van der Waals surface area contributed by atoms with Crippen LogP contribution in [0.1, 0.15) is 11.1 Å². The van der Waals surface area contributed by atoms with Gasteiger partial charge in [-0.1, -0.05) is 0 Å². The molecule has 2 aromatic rings. The molecule has 126 valence electrons. The van der Waals surface area contributed by atoms with Crippen molar-refractivity contribution >= 4 is 12.0 Å². The number of nitrogens with one attached hydrogen (secondary N) is 1. The predicted octanol–water partition coefficient (Wildman–Crippen LogP) is 3.31. The fourth-order valence-electron chi connectivity index (χ4n) is 2.04. The quantitative estimate of drug-likeness (QED) is 0.825. The average molecular weight is 333 g/mol. The van der Waals surface area contributed by atoms with Crippen molar-refractivity contribution in [3.05, 3.63) is 65.2 Å². The molecule has 0 aliphatic heterocycles. The maximum Gasteiger partial charge on any atom is 0.244 e. The first-order valence-corrected chi connectivity index (χ1v) is 7.15. The monoisotopic (exact) mass is 333 g/mol. The Balaban J connectivity index is 2.01. The molecular weight excluding hydrogens is 316 g/mol. The van der Waals surface area contributed by atoms with E-state index in [4.69, 9.17) is 9.47 Å². The molecule has 2 rings (SSSR count). The summed E-state index contributed by atoms with van der Waals surface area (Å²) >= 11 is 0. The van der Waals surface area contributed by atoms with Crippen LogP contribution in [0, 0.1) is 11.6 Å². The Kier molecular flexibility index (Phi) is 5.89. The molecular formula is C18H17F2NO3. The topological polar surface area (TPSA) is 47.6 Å². The second kappa shape index (κ2) is 8.10. The van der Waals surface area contributed by atoms with Gasteiger partial charge in [0.1, 0.15) is 23.1 Å². The van der Waals surface area contributed by atoms with Crippen LogP contribution in [0.4, 0.5) is 8.78 Å². The summed E-state index contributed by atoms with van der Waals surface area (Å²) < 4.78 is 36.9. The number of carbonyl (C=O) groups is 1. The summed E-state index contributed by atoms with van der Waals surface area (Å²) in [6.07, 6.45) is 2.86. The van der Waals surface area contributed by atoms with Crippen molar-refractivity contribution in [3.63, 3.8) is 0 Å². The standard InChI is InChI=1S/C18H17F2NO3/c1-23-15-6-3-12(17(10-15)24-2)4-8-18(22)21-11-13-9-14(19)5-7-16(13)20/h3-10H,11H2,1-2H3,(H,21,22)/b8-4+. The molecule has 0 aliphatic carbocycles. The van der Waals surface area contributed by atoms with E-state index in [-0.39, 0.29) is 12.1 Å². The lowest BCUT2D eigenvalue weighted by Crippen LogP contribution is -2.21. The summed E-state index contributed by atoms with van der Waals surface area (Å²) in [5.41, 5.74) is 0.768. The van der Waals surface area contributed by atoms with Crippen molar-refractivity contribution in [2.24, 2.45) is 0 Å². The first-order valence-electron chi connectivity index (χ1n) is 7.15. The molecule has 1 amide bonds. The van der Waals surface area contributed by atoms with E-state index in [9.17, 15) is 13.6 Å². The van der Waals surface area contributed by atoms with E-state index >= 15 is 0 Å². The molecule has 0 aliphatic rings. The Morgan fingerprint density at radius 2 is 1.92 bits per heavy atom. The van der Waals surface area contributed by atoms with Gasteiger partial charge in [0.2, 0.25) is 5.91 Å². The zero-order chi connectivity index (χ0) is 17.5. The molecule has 0 bridgehead atoms. The van der Waals surface area contributed by atoms with E-state index in [0.29, 0.717) is 17.1 Å². The zero-order valence-corrected chi connectivity index (χ0v) is 13.3. The summed E-state index contributed by atoms with van der Waals surface area (Å²) in [5.74, 6) is -0.377. The van der Waals surface area contributed by atoms with Crippen molar-refractivity contribution < 1.29 is 23.0 Å². The summed E-state index contributed by atoms with van der Waals surface area (Å²) in [4.78, 5) is 11.8. The second-order valence-electron chi connectivity index (χ2n) is 4.89. The molecule has 0 atom stereocenters. The van der Waals surface area contributed by atoms with Gasteiger partial charge in [0.15, 0.2) is 0 Å². The molecule has 1 N–H and O–H groups in total. The molecule has 2 aromatic carbocycles. The number of benzene rings is 2. The Morgan fingerprint density at radius 1 is 1.12 bits per heavy atom. The highest BCUT2D eigenvalue weighted by Crippen LogP contribution is 2.25. The lowest BCUT2D eigenvalue weighted by Gasteiger charge is -2.07. The van der Waals surface area contributed by atoms with E-state index in [1.165, 1.54) is 13.2 Å². The minimum absolute atomic E-state index is 0.0822. The summed E-state index contributed by atoms with van der Waals surface area (Å²) in [6, 6.07) is 8.27. The number of ether oxygens (including phenoxy) is 2. The molecule has 24 heavy (non-hydrogen) atoms. The van der Waals surface area contributed by atoms with Gasteiger partial charge in [0, 0.05) is 29.8 Å². The highest BCUT2D eigenvalue weighted by molar-refractivity contribution is 5.92. The molecule has 4 nitrogen and oxygen atoms in total. The normalized spacial score (nSPS) is 10.7. The molecule has 0 heterocycles. The fraction of sp³-hybridized carbons (Fsp3) is 0.167. The highest BCUT2D eigenvalue weighted by Gasteiger charge is 2.06. The molecule has 0 spiro atoms. The number of carbonyl (C=O) groups excluding carboxylic acids is 1. The van der Waals surface area contributed by atoms with Crippen LogP contribution in [-0.4, -0.2) is 20.1 Å². The zero-order valence-electron chi connectivity index (χ0n) is 13.3. The Labute approximate surface area is 138 Å². The largest absolute Gasteiger partial charge is 0.497 e. The van der Waals surface area contributed by atoms with Crippen LogP contribution >= 0.6 is 0 Å². The first kappa shape index (κ1) is 17.5. The Bertz CT molecular complexity index is 760. The van der Waals surface area contributed by atoms with Gasteiger partial charge < -0.3 is 14.8 Å². The molecule has 0 fully saturated rings. The van der Waals surface area contributed by atoms with Gasteiger partial charge >= 0.3 is 0 Å². The maximum atomic E-state index is 13.5. The number of rotatable bonds is 6. The van der Waals surface area contributed by atoms with Crippen LogP contribution in [0.5, 0.6) is 11.5 Å². The lowest BCUT2D eigenvalue weighted by molar-refractivity contribution is -0.116. The van der Waals surface area contributed by atoms with Gasteiger partial charge in [-0.25, -0.2) is 8.78 Å². The third-order valence-corrected chi connectivity index (χ3v) is 3.32. The number of hydrogen-bond donors (Lipinski definition) is 1. The van der Waals surface area contributed by atoms with Crippen LogP contribution in [-0.2, 0) is 11.3 Å². The lowest BCUT2D eigenvalue weighted by atomic mass is 10.1. The van der Waals surface area contributed by atoms with Crippen LogP contribution < -0.4 is 14.8 Å². The van der Waals surface area contributed by atoms with Gasteiger partial charge in [0.25, 0.3) is 0 Å². The number of amides is 1. The van der Waals surface area contributed by atoms with Gasteiger partial charge in [-0.2, -0.15) is 0 Å². The van der Waals surface area contributed by atoms with Gasteiger partial charge in [-0.3, -0.25) is 4.79 Å². The summed E-state index contributed by atoms with van der Waals surface area (Å²) in [5, 5.41) is 2.50. The van der Waals surface area contributed by atoms with Crippen LogP contribution in [0.2, 0.25) is 0 Å². The minimum atomic E-state index is -0.572. The SMILES string of the molecule is COc1ccc(/C=C/C(=O)NCc2cc(F)ccc2F)c(OC)c1. The van der Waals surface area contributed by atoms with Gasteiger partial charge in [-0.15, -0.1) is 0 Å². The van der Waals surface area contributed by atoms with Crippen molar-refractivity contribution in [2.45, 2.75) is 6.54 Å². The molecule has 0 aromatic heterocycles. The van der Waals surface area contributed by atoms with Crippen molar-refractivity contribution in [1.29, 1.82) is 0 Å². The molecule has 6 heteroatoms. The van der Waals surface area contributed by atoms with Gasteiger partial charge in [0.05, 0.1) is 14.2 Å². The van der Waals surface area contributed by atoms with Crippen molar-refractivity contribution in [2.75, 3.05) is 14.2 Å². The third-order valence-electron chi connectivity index (χ3n) is 3.32. The van der Waals surface area contributed by atoms with E-state index in [2.05, 4.69) is 5.32 Å². The predicted molar refractivity (Wildman–Crippen MR) is 86.8 cm³/mol. The molecule has 0 saturated carbocycles. The second-order valence-corrected chi connectivity index (χ2v) is 4.89. The molecule has 0 saturated heterocycles. The fourth-order valence-corrected chi connectivity index (χ4v) is 2.04. The minimum Gasteiger partial charge on any atom is -0.497 e. The van der Waals surface area contributed by atoms with Crippen LogP contribution in [0.15, 0.2) is 42.5 Å². The van der Waals surface area contributed by atoms with Gasteiger partial charge in [-0.05, 0) is 36.4 Å². The van der Waals surface area contributed by atoms with Crippen LogP contribution in [0.3, 0.4) is 0 Å². The molecule has 0 unspecified atom stereocenters. The third kappa shape index (κ3) is 4.55. The van der Waals surface area contributed by atoms with E-state index < -0.39 is 17.5 Å². The number of halogens is 2. The number of hydrogen-bond acceptors (Lipinski definition) is 3. The average Bonchev–Trinajstić information content (AvgIpc) is 2.60. The maximum absolute atomic E-state index is 13.5. The van der Waals surface area contributed by atoms with E-state index in [1.807, 2.05) is 0 Å². The summed E-state index contributed by atoms with van der Waals surface area (Å²) in [6.45, 7) is -0.105. The van der Waals surface area contributed by atoms with Crippen molar-refractivity contribution in [1.82, 2.24) is 5.32 Å².